The normalized spacial score (nSPS) is 14.4. The molecule has 0 bridgehead atoms. The van der Waals surface area contributed by atoms with Crippen LogP contribution in [-0.4, -0.2) is 64.0 Å². The van der Waals surface area contributed by atoms with Crippen LogP contribution in [0.3, 0.4) is 0 Å². The molecule has 35 heavy (non-hydrogen) atoms. The van der Waals surface area contributed by atoms with E-state index in [4.69, 9.17) is 16.3 Å². The highest BCUT2D eigenvalue weighted by Gasteiger charge is 2.21. The molecule has 0 aliphatic carbocycles. The number of benzene rings is 2. The molecule has 1 aromatic heterocycles. The van der Waals surface area contributed by atoms with Crippen LogP contribution >= 0.6 is 27.5 Å². The van der Waals surface area contributed by atoms with Gasteiger partial charge < -0.3 is 10.1 Å². The fraction of sp³-hybridized carbons (Fsp3) is 0.400. The Balaban J connectivity index is 1.63. The van der Waals surface area contributed by atoms with Gasteiger partial charge in [-0.3, -0.25) is 14.3 Å². The summed E-state index contributed by atoms with van der Waals surface area (Å²) in [5, 5.41) is 7.95. The number of ether oxygens (including phenoxy) is 1. The molecule has 8 nitrogen and oxygen atoms in total. The number of nitrogens with one attached hydrogen (secondary N) is 1. The Morgan fingerprint density at radius 3 is 2.57 bits per heavy atom. The molecule has 10 heteroatoms. The first kappa shape index (κ1) is 25.6. The number of morpholine rings is 1. The molecule has 1 aliphatic heterocycles. The first-order valence-corrected chi connectivity index (χ1v) is 12.8. The van der Waals surface area contributed by atoms with Gasteiger partial charge >= 0.3 is 5.69 Å². The molecule has 0 saturated carbocycles. The second kappa shape index (κ2) is 11.5. The van der Waals surface area contributed by atoms with Gasteiger partial charge in [-0.2, -0.15) is 4.68 Å². The monoisotopic (exact) mass is 561 g/mol. The van der Waals surface area contributed by atoms with E-state index in [1.54, 1.807) is 18.2 Å². The summed E-state index contributed by atoms with van der Waals surface area (Å²) in [6, 6.07) is 13.0. The van der Waals surface area contributed by atoms with Crippen LogP contribution in [-0.2, 0) is 22.5 Å². The van der Waals surface area contributed by atoms with E-state index >= 15 is 0 Å². The van der Waals surface area contributed by atoms with Gasteiger partial charge in [-0.1, -0.05) is 39.7 Å². The Bertz CT molecular complexity index is 1230. The van der Waals surface area contributed by atoms with Crippen molar-refractivity contribution in [2.75, 3.05) is 32.8 Å². The Morgan fingerprint density at radius 1 is 1.17 bits per heavy atom. The van der Waals surface area contributed by atoms with Crippen LogP contribution in [0.2, 0.25) is 5.02 Å². The lowest BCUT2D eigenvalue weighted by Gasteiger charge is -2.26. The summed E-state index contributed by atoms with van der Waals surface area (Å²) in [4.78, 5) is 28.4. The molecule has 0 unspecified atom stereocenters. The van der Waals surface area contributed by atoms with E-state index in [-0.39, 0.29) is 18.5 Å². The second-order valence-electron chi connectivity index (χ2n) is 8.82. The van der Waals surface area contributed by atoms with Crippen LogP contribution in [0.25, 0.3) is 17.1 Å². The van der Waals surface area contributed by atoms with Gasteiger partial charge in [-0.05, 0) is 56.2 Å². The summed E-state index contributed by atoms with van der Waals surface area (Å²) in [7, 11) is 0. The zero-order chi connectivity index (χ0) is 24.9. The van der Waals surface area contributed by atoms with Gasteiger partial charge in [0.15, 0.2) is 5.82 Å². The third-order valence-electron chi connectivity index (χ3n) is 5.78. The zero-order valence-corrected chi connectivity index (χ0v) is 22.2. The standard InChI is InChI=1S/C25H29BrClN5O3/c1-17(2)28-23(33)16-31-24(21-15-19(27)5-8-22(21)26)29-32(25(31)34)20-6-3-18(4-7-20)9-10-30-11-13-35-14-12-30/h3-8,15,17H,9-14,16H2,1-2H3,(H,28,33). The molecule has 1 saturated heterocycles. The quantitative estimate of drug-likeness (QED) is 0.454. The van der Waals surface area contributed by atoms with E-state index in [9.17, 15) is 9.59 Å². The minimum absolute atomic E-state index is 0.0420. The van der Waals surface area contributed by atoms with Gasteiger partial charge in [0.25, 0.3) is 0 Å². The molecule has 1 N–H and O–H groups in total. The summed E-state index contributed by atoms with van der Waals surface area (Å²) >= 11 is 9.75. The van der Waals surface area contributed by atoms with Crippen molar-refractivity contribution in [3.63, 3.8) is 0 Å². The number of hydrogen-bond donors (Lipinski definition) is 1. The van der Waals surface area contributed by atoms with E-state index in [1.165, 1.54) is 14.8 Å². The van der Waals surface area contributed by atoms with Crippen LogP contribution in [0.4, 0.5) is 0 Å². The Morgan fingerprint density at radius 2 is 1.89 bits per heavy atom. The lowest BCUT2D eigenvalue weighted by molar-refractivity contribution is -0.122. The minimum atomic E-state index is -0.396. The summed E-state index contributed by atoms with van der Waals surface area (Å²) in [5.41, 5.74) is 2.05. The van der Waals surface area contributed by atoms with Gasteiger partial charge in [-0.15, -0.1) is 5.10 Å². The van der Waals surface area contributed by atoms with Crippen molar-refractivity contribution in [3.05, 3.63) is 68.0 Å². The minimum Gasteiger partial charge on any atom is -0.379 e. The molecule has 4 rings (SSSR count). The number of halogens is 2. The van der Waals surface area contributed by atoms with Crippen molar-refractivity contribution in [1.29, 1.82) is 0 Å². The average Bonchev–Trinajstić information content (AvgIpc) is 3.15. The number of amides is 1. The molecule has 2 heterocycles. The van der Waals surface area contributed by atoms with Gasteiger partial charge in [0, 0.05) is 40.7 Å². The van der Waals surface area contributed by atoms with E-state index in [1.807, 2.05) is 38.1 Å². The van der Waals surface area contributed by atoms with E-state index in [2.05, 4.69) is 31.2 Å². The molecular weight excluding hydrogens is 534 g/mol. The number of rotatable bonds is 8. The molecule has 186 valence electrons. The molecule has 1 amide bonds. The molecule has 3 aromatic rings. The van der Waals surface area contributed by atoms with Crippen molar-refractivity contribution < 1.29 is 9.53 Å². The summed E-state index contributed by atoms with van der Waals surface area (Å²) in [5.74, 6) is 0.0965. The average molecular weight is 563 g/mol. The number of aromatic nitrogens is 3. The van der Waals surface area contributed by atoms with Crippen molar-refractivity contribution in [2.24, 2.45) is 0 Å². The first-order valence-electron chi connectivity index (χ1n) is 11.7. The van der Waals surface area contributed by atoms with Crippen molar-refractivity contribution >= 4 is 33.4 Å². The highest BCUT2D eigenvalue weighted by atomic mass is 79.9. The van der Waals surface area contributed by atoms with Crippen LogP contribution in [0.15, 0.2) is 51.7 Å². The Labute approximate surface area is 218 Å². The Kier molecular flexibility index (Phi) is 8.43. The van der Waals surface area contributed by atoms with E-state index in [0.717, 1.165) is 43.7 Å². The molecule has 1 fully saturated rings. The Hall–Kier alpha value is -2.46. The third kappa shape index (κ3) is 6.41. The largest absolute Gasteiger partial charge is 0.379 e. The van der Waals surface area contributed by atoms with Crippen molar-refractivity contribution in [3.8, 4) is 17.1 Å². The van der Waals surface area contributed by atoms with E-state index < -0.39 is 5.69 Å². The van der Waals surface area contributed by atoms with Gasteiger partial charge in [0.1, 0.15) is 6.54 Å². The molecule has 2 aromatic carbocycles. The second-order valence-corrected chi connectivity index (χ2v) is 10.1. The third-order valence-corrected chi connectivity index (χ3v) is 6.71. The number of nitrogens with zero attached hydrogens (tertiary/aromatic N) is 4. The molecule has 0 radical (unpaired) electrons. The van der Waals surface area contributed by atoms with Crippen molar-refractivity contribution in [2.45, 2.75) is 32.9 Å². The maximum atomic E-state index is 13.4. The van der Waals surface area contributed by atoms with Gasteiger partial charge in [0.2, 0.25) is 5.91 Å². The highest BCUT2D eigenvalue weighted by molar-refractivity contribution is 9.10. The summed E-state index contributed by atoms with van der Waals surface area (Å²) in [6.45, 7) is 8.04. The summed E-state index contributed by atoms with van der Waals surface area (Å²) < 4.78 is 8.84. The zero-order valence-electron chi connectivity index (χ0n) is 19.8. The maximum Gasteiger partial charge on any atom is 0.351 e. The smallest absolute Gasteiger partial charge is 0.351 e. The molecule has 0 spiro atoms. The SMILES string of the molecule is CC(C)NC(=O)Cn1c(-c2cc(Cl)ccc2Br)nn(-c2ccc(CCN3CCOCC3)cc2)c1=O. The molecular formula is C25H29BrClN5O3. The van der Waals surface area contributed by atoms with Crippen LogP contribution in [0.1, 0.15) is 19.4 Å². The number of carbonyl (C=O) groups is 1. The van der Waals surface area contributed by atoms with Crippen LogP contribution in [0.5, 0.6) is 0 Å². The number of hydrogen-bond acceptors (Lipinski definition) is 5. The molecule has 1 aliphatic rings. The van der Waals surface area contributed by atoms with Crippen LogP contribution < -0.4 is 11.0 Å². The molecule has 0 atom stereocenters. The highest BCUT2D eigenvalue weighted by Crippen LogP contribution is 2.29. The lowest BCUT2D eigenvalue weighted by Crippen LogP contribution is -2.37. The fourth-order valence-corrected chi connectivity index (χ4v) is 4.60. The van der Waals surface area contributed by atoms with Crippen LogP contribution in [0, 0.1) is 0 Å². The lowest BCUT2D eigenvalue weighted by atomic mass is 10.1. The maximum absolute atomic E-state index is 13.4. The predicted octanol–water partition coefficient (Wildman–Crippen LogP) is 3.52. The topological polar surface area (TPSA) is 81.4 Å². The summed E-state index contributed by atoms with van der Waals surface area (Å²) in [6.07, 6.45) is 0.916. The van der Waals surface area contributed by atoms with Crippen molar-refractivity contribution in [1.82, 2.24) is 24.6 Å². The van der Waals surface area contributed by atoms with Gasteiger partial charge in [0.05, 0.1) is 18.9 Å². The van der Waals surface area contributed by atoms with Gasteiger partial charge in [-0.25, -0.2) is 4.79 Å². The number of carbonyl (C=O) groups excluding carboxylic acids is 1. The first-order chi connectivity index (χ1) is 16.8. The van der Waals surface area contributed by atoms with E-state index in [0.29, 0.717) is 22.1 Å². The fourth-order valence-electron chi connectivity index (χ4n) is 4.00. The predicted molar refractivity (Wildman–Crippen MR) is 140 cm³/mol.